The molecule has 4 heteroatoms. The van der Waals surface area contributed by atoms with Crippen LogP contribution in [0.15, 0.2) is 58.5 Å². The maximum absolute atomic E-state index is 9.78. The minimum atomic E-state index is 0.252. The lowest BCUT2D eigenvalue weighted by atomic mass is 10.1. The Balaban J connectivity index is 1.88. The molecule has 2 aromatic rings. The fourth-order valence-corrected chi connectivity index (χ4v) is 2.29. The van der Waals surface area contributed by atoms with E-state index in [1.807, 2.05) is 38.1 Å². The van der Waals surface area contributed by atoms with Crippen molar-refractivity contribution in [1.82, 2.24) is 0 Å². The second-order valence-corrected chi connectivity index (χ2v) is 5.32. The lowest BCUT2D eigenvalue weighted by molar-refractivity contribution is 0.473. The van der Waals surface area contributed by atoms with Crippen LogP contribution in [0.1, 0.15) is 31.4 Å². The van der Waals surface area contributed by atoms with E-state index >= 15 is 0 Å². The van der Waals surface area contributed by atoms with Crippen molar-refractivity contribution in [3.8, 4) is 11.5 Å². The van der Waals surface area contributed by atoms with Crippen LogP contribution in [-0.4, -0.2) is 34.7 Å². The van der Waals surface area contributed by atoms with Gasteiger partial charge in [0.15, 0.2) is 0 Å². The van der Waals surface area contributed by atoms with Gasteiger partial charge in [0.2, 0.25) is 0 Å². The van der Waals surface area contributed by atoms with Crippen LogP contribution in [-0.2, 0) is 0 Å². The Hall–Kier alpha value is -2.62. The summed E-state index contributed by atoms with van der Waals surface area (Å²) in [6, 6.07) is 14.4. The van der Waals surface area contributed by atoms with Crippen molar-refractivity contribution in [2.75, 3.05) is 13.1 Å². The summed E-state index contributed by atoms with van der Waals surface area (Å²) in [6.45, 7) is 5.09. The average Bonchev–Trinajstić information content (AvgIpc) is 2.55. The molecule has 2 N–H and O–H groups in total. The quantitative estimate of drug-likeness (QED) is 0.629. The monoisotopic (exact) mass is 310 g/mol. The fourth-order valence-electron chi connectivity index (χ4n) is 2.29. The second-order valence-electron chi connectivity index (χ2n) is 5.32. The second kappa shape index (κ2) is 8.13. The molecule has 0 bridgehead atoms. The molecule has 0 radical (unpaired) electrons. The average molecular weight is 310 g/mol. The molecule has 4 nitrogen and oxygen atoms in total. The zero-order chi connectivity index (χ0) is 16.7. The van der Waals surface area contributed by atoms with Crippen LogP contribution >= 0.6 is 0 Å². The Morgan fingerprint density at radius 2 is 1.13 bits per heavy atom. The van der Waals surface area contributed by atoms with Crippen molar-refractivity contribution in [3.05, 3.63) is 59.7 Å². The molecule has 0 atom stereocenters. The van der Waals surface area contributed by atoms with Crippen LogP contribution in [0.2, 0.25) is 0 Å². The Labute approximate surface area is 136 Å². The lowest BCUT2D eigenvalue weighted by Crippen LogP contribution is -2.00. The highest BCUT2D eigenvalue weighted by atomic mass is 16.3. The van der Waals surface area contributed by atoms with E-state index in [-0.39, 0.29) is 11.5 Å². The van der Waals surface area contributed by atoms with E-state index in [0.717, 1.165) is 29.0 Å². The summed E-state index contributed by atoms with van der Waals surface area (Å²) in [5.41, 5.74) is 3.18. The van der Waals surface area contributed by atoms with Crippen LogP contribution in [0.3, 0.4) is 0 Å². The van der Waals surface area contributed by atoms with Crippen LogP contribution in [0.5, 0.6) is 11.5 Å². The van der Waals surface area contributed by atoms with Gasteiger partial charge in [-0.15, -0.1) is 0 Å². The standard InChI is InChI=1S/C19H22N2O2/c1-14(16-8-3-5-10-18(16)22)20-12-7-13-21-15(2)17-9-4-6-11-19(17)23/h3-6,8-11,22-23H,7,12-13H2,1-2H3. The van der Waals surface area contributed by atoms with Crippen molar-refractivity contribution in [2.45, 2.75) is 20.3 Å². The van der Waals surface area contributed by atoms with Crippen LogP contribution in [0, 0.1) is 0 Å². The lowest BCUT2D eigenvalue weighted by Gasteiger charge is -2.05. The van der Waals surface area contributed by atoms with E-state index in [0.29, 0.717) is 13.1 Å². The first-order chi connectivity index (χ1) is 11.1. The SMILES string of the molecule is CC(=NCCCN=C(C)c1ccccc1O)c1ccccc1O. The number of para-hydroxylation sites is 2. The number of nitrogens with zero attached hydrogens (tertiary/aromatic N) is 2. The molecule has 0 heterocycles. The van der Waals surface area contributed by atoms with Crippen molar-refractivity contribution >= 4 is 11.4 Å². The van der Waals surface area contributed by atoms with Crippen molar-refractivity contribution in [3.63, 3.8) is 0 Å². The first-order valence-corrected chi connectivity index (χ1v) is 7.68. The van der Waals surface area contributed by atoms with E-state index in [9.17, 15) is 10.2 Å². The highest BCUT2D eigenvalue weighted by Gasteiger charge is 2.03. The summed E-state index contributed by atoms with van der Waals surface area (Å²) in [5.74, 6) is 0.504. The smallest absolute Gasteiger partial charge is 0.124 e. The highest BCUT2D eigenvalue weighted by molar-refractivity contribution is 6.01. The van der Waals surface area contributed by atoms with E-state index in [1.54, 1.807) is 24.3 Å². The Morgan fingerprint density at radius 1 is 0.739 bits per heavy atom. The van der Waals surface area contributed by atoms with Crippen molar-refractivity contribution in [1.29, 1.82) is 0 Å². The van der Waals surface area contributed by atoms with Crippen LogP contribution in [0.4, 0.5) is 0 Å². The first kappa shape index (κ1) is 16.7. The molecular weight excluding hydrogens is 288 g/mol. The Morgan fingerprint density at radius 3 is 1.52 bits per heavy atom. The predicted octanol–water partition coefficient (Wildman–Crippen LogP) is 3.81. The van der Waals surface area contributed by atoms with E-state index in [2.05, 4.69) is 9.98 Å². The molecule has 2 rings (SSSR count). The topological polar surface area (TPSA) is 65.2 Å². The third kappa shape index (κ3) is 4.68. The molecule has 0 unspecified atom stereocenters. The summed E-state index contributed by atoms with van der Waals surface area (Å²) in [6.07, 6.45) is 0.815. The third-order valence-electron chi connectivity index (χ3n) is 3.60. The van der Waals surface area contributed by atoms with E-state index in [4.69, 9.17) is 0 Å². The number of aromatic hydroxyl groups is 2. The fraction of sp³-hybridized carbons (Fsp3) is 0.263. The maximum Gasteiger partial charge on any atom is 0.124 e. The minimum absolute atomic E-state index is 0.252. The van der Waals surface area contributed by atoms with Crippen molar-refractivity contribution in [2.24, 2.45) is 9.98 Å². The molecule has 0 aliphatic carbocycles. The number of aliphatic imine (C=N–C) groups is 2. The molecule has 0 aliphatic heterocycles. The van der Waals surface area contributed by atoms with Gasteiger partial charge in [0.25, 0.3) is 0 Å². The molecule has 120 valence electrons. The summed E-state index contributed by atoms with van der Waals surface area (Å²) in [5, 5.41) is 19.6. The summed E-state index contributed by atoms with van der Waals surface area (Å²) in [4.78, 5) is 8.96. The highest BCUT2D eigenvalue weighted by Crippen LogP contribution is 2.17. The number of phenolic OH excluding ortho intramolecular Hbond substituents is 2. The molecule has 2 aromatic carbocycles. The molecule has 0 fully saturated rings. The van der Waals surface area contributed by atoms with E-state index in [1.165, 1.54) is 0 Å². The summed E-state index contributed by atoms with van der Waals surface area (Å²) >= 11 is 0. The number of hydrogen-bond donors (Lipinski definition) is 2. The largest absolute Gasteiger partial charge is 0.507 e. The van der Waals surface area contributed by atoms with Gasteiger partial charge < -0.3 is 10.2 Å². The minimum Gasteiger partial charge on any atom is -0.507 e. The molecule has 0 amide bonds. The third-order valence-corrected chi connectivity index (χ3v) is 3.60. The van der Waals surface area contributed by atoms with Crippen molar-refractivity contribution < 1.29 is 10.2 Å². The normalized spacial score (nSPS) is 12.4. The molecule has 0 saturated carbocycles. The van der Waals surface area contributed by atoms with Gasteiger partial charge in [-0.1, -0.05) is 24.3 Å². The van der Waals surface area contributed by atoms with Gasteiger partial charge in [-0.2, -0.15) is 0 Å². The number of benzene rings is 2. The summed E-state index contributed by atoms with van der Waals surface area (Å²) < 4.78 is 0. The number of phenols is 2. The molecular formula is C19H22N2O2. The van der Waals surface area contributed by atoms with Crippen LogP contribution in [0.25, 0.3) is 0 Å². The van der Waals surface area contributed by atoms with Gasteiger partial charge in [-0.05, 0) is 44.5 Å². The maximum atomic E-state index is 9.78. The van der Waals surface area contributed by atoms with Gasteiger partial charge >= 0.3 is 0 Å². The number of hydrogen-bond acceptors (Lipinski definition) is 4. The molecule has 0 saturated heterocycles. The van der Waals surface area contributed by atoms with Gasteiger partial charge in [0.1, 0.15) is 11.5 Å². The van der Waals surface area contributed by atoms with Gasteiger partial charge in [-0.25, -0.2) is 0 Å². The molecule has 0 aliphatic rings. The zero-order valence-corrected chi connectivity index (χ0v) is 13.5. The molecule has 23 heavy (non-hydrogen) atoms. The van der Waals surface area contributed by atoms with Gasteiger partial charge in [0, 0.05) is 35.6 Å². The zero-order valence-electron chi connectivity index (χ0n) is 13.5. The van der Waals surface area contributed by atoms with Crippen LogP contribution < -0.4 is 0 Å². The summed E-state index contributed by atoms with van der Waals surface area (Å²) in [7, 11) is 0. The predicted molar refractivity (Wildman–Crippen MR) is 95.0 cm³/mol. The Kier molecular flexibility index (Phi) is 5.92. The Bertz CT molecular complexity index is 659. The number of rotatable bonds is 6. The van der Waals surface area contributed by atoms with E-state index < -0.39 is 0 Å². The molecule has 0 aromatic heterocycles. The first-order valence-electron chi connectivity index (χ1n) is 7.68. The van der Waals surface area contributed by atoms with Gasteiger partial charge in [-0.3, -0.25) is 9.98 Å². The van der Waals surface area contributed by atoms with Gasteiger partial charge in [0.05, 0.1) is 0 Å². The molecule has 0 spiro atoms.